The monoisotopic (exact) mass is 392 g/mol. The zero-order chi connectivity index (χ0) is 20.1. The van der Waals surface area contributed by atoms with Gasteiger partial charge in [-0.3, -0.25) is 14.7 Å². The first-order valence-electron chi connectivity index (χ1n) is 10.3. The zero-order valence-corrected chi connectivity index (χ0v) is 16.6. The molecule has 0 radical (unpaired) electrons. The van der Waals surface area contributed by atoms with Gasteiger partial charge in [0.1, 0.15) is 11.8 Å². The molecule has 2 aliphatic rings. The summed E-state index contributed by atoms with van der Waals surface area (Å²) in [5.41, 5.74) is 9.41. The second-order valence-corrected chi connectivity index (χ2v) is 7.45. The Morgan fingerprint density at radius 1 is 1.10 bits per heavy atom. The third-order valence-corrected chi connectivity index (χ3v) is 5.60. The lowest BCUT2D eigenvalue weighted by Gasteiger charge is -2.29. The number of amidine groups is 1. The Labute approximate surface area is 171 Å². The summed E-state index contributed by atoms with van der Waals surface area (Å²) >= 11 is 0. The van der Waals surface area contributed by atoms with Crippen molar-refractivity contribution in [3.05, 3.63) is 65.2 Å². The highest BCUT2D eigenvalue weighted by Crippen LogP contribution is 2.33. The number of aliphatic imine (C=N–C) groups is 1. The van der Waals surface area contributed by atoms with Crippen LogP contribution in [-0.2, 0) is 11.3 Å². The summed E-state index contributed by atoms with van der Waals surface area (Å²) < 4.78 is 5.40. The molecule has 152 valence electrons. The largest absolute Gasteiger partial charge is 0.379 e. The van der Waals surface area contributed by atoms with Crippen molar-refractivity contribution in [2.75, 3.05) is 44.7 Å². The van der Waals surface area contributed by atoms with Crippen LogP contribution < -0.4 is 11.1 Å². The van der Waals surface area contributed by atoms with Crippen LogP contribution in [0, 0.1) is 0 Å². The zero-order valence-electron chi connectivity index (χ0n) is 16.6. The summed E-state index contributed by atoms with van der Waals surface area (Å²) in [5.74, 6) is 0.358. The second-order valence-electron chi connectivity index (χ2n) is 7.45. The number of nitrogens with two attached hydrogens (primary N) is 1. The SMILES string of the molecule is NCc1ccccc1C1C(=O)c2ccccc2NC1=NCCCN1CCOCC1. The van der Waals surface area contributed by atoms with Crippen molar-refractivity contribution in [3.8, 4) is 0 Å². The molecule has 29 heavy (non-hydrogen) atoms. The second kappa shape index (κ2) is 9.31. The van der Waals surface area contributed by atoms with Crippen LogP contribution in [0.15, 0.2) is 53.5 Å². The predicted octanol–water partition coefficient (Wildman–Crippen LogP) is 2.66. The number of fused-ring (bicyclic) bond motifs is 1. The minimum Gasteiger partial charge on any atom is -0.379 e. The molecule has 1 fully saturated rings. The molecule has 0 aromatic heterocycles. The van der Waals surface area contributed by atoms with Crippen LogP contribution in [0.4, 0.5) is 5.69 Å². The Bertz CT molecular complexity index is 890. The van der Waals surface area contributed by atoms with Crippen molar-refractivity contribution in [2.45, 2.75) is 18.9 Å². The number of nitrogens with zero attached hydrogens (tertiary/aromatic N) is 2. The van der Waals surface area contributed by atoms with Crippen LogP contribution in [0.25, 0.3) is 0 Å². The van der Waals surface area contributed by atoms with Gasteiger partial charge in [-0.1, -0.05) is 36.4 Å². The van der Waals surface area contributed by atoms with Gasteiger partial charge in [-0.15, -0.1) is 0 Å². The number of para-hydroxylation sites is 1. The van der Waals surface area contributed by atoms with Gasteiger partial charge in [-0.05, 0) is 29.7 Å². The molecular weight excluding hydrogens is 364 g/mol. The molecule has 6 nitrogen and oxygen atoms in total. The predicted molar refractivity (Wildman–Crippen MR) is 116 cm³/mol. The Kier molecular flexibility index (Phi) is 6.34. The van der Waals surface area contributed by atoms with E-state index in [0.717, 1.165) is 61.9 Å². The van der Waals surface area contributed by atoms with Gasteiger partial charge in [-0.2, -0.15) is 0 Å². The average Bonchev–Trinajstić information content (AvgIpc) is 2.78. The molecule has 0 aliphatic carbocycles. The van der Waals surface area contributed by atoms with E-state index in [4.69, 9.17) is 15.5 Å². The first kappa shape index (κ1) is 19.8. The average molecular weight is 393 g/mol. The summed E-state index contributed by atoms with van der Waals surface area (Å²) in [4.78, 5) is 20.6. The molecule has 3 N–H and O–H groups in total. The molecule has 4 rings (SSSR count). The van der Waals surface area contributed by atoms with Crippen molar-refractivity contribution < 1.29 is 9.53 Å². The quantitative estimate of drug-likeness (QED) is 0.739. The first-order valence-corrected chi connectivity index (χ1v) is 10.3. The van der Waals surface area contributed by atoms with Crippen molar-refractivity contribution in [1.82, 2.24) is 4.90 Å². The van der Waals surface area contributed by atoms with E-state index in [2.05, 4.69) is 10.2 Å². The summed E-state index contributed by atoms with van der Waals surface area (Å²) in [6.07, 6.45) is 0.951. The number of carbonyl (C=O) groups is 1. The number of benzene rings is 2. The number of morpholine rings is 1. The lowest BCUT2D eigenvalue weighted by atomic mass is 9.83. The van der Waals surface area contributed by atoms with Gasteiger partial charge in [0, 0.05) is 38.3 Å². The Morgan fingerprint density at radius 3 is 2.69 bits per heavy atom. The third-order valence-electron chi connectivity index (χ3n) is 5.60. The van der Waals surface area contributed by atoms with Crippen molar-refractivity contribution in [1.29, 1.82) is 0 Å². The van der Waals surface area contributed by atoms with Gasteiger partial charge >= 0.3 is 0 Å². The van der Waals surface area contributed by atoms with Crippen LogP contribution >= 0.6 is 0 Å². The van der Waals surface area contributed by atoms with Gasteiger partial charge in [0.15, 0.2) is 5.78 Å². The van der Waals surface area contributed by atoms with Gasteiger partial charge in [0.2, 0.25) is 0 Å². The molecule has 0 spiro atoms. The van der Waals surface area contributed by atoms with E-state index in [-0.39, 0.29) is 5.78 Å². The summed E-state index contributed by atoms with van der Waals surface area (Å²) in [6.45, 7) is 5.63. The van der Waals surface area contributed by atoms with Crippen LogP contribution in [0.2, 0.25) is 0 Å². The third kappa shape index (κ3) is 4.40. The fourth-order valence-corrected chi connectivity index (χ4v) is 4.04. The van der Waals surface area contributed by atoms with E-state index in [0.29, 0.717) is 18.7 Å². The Hall–Kier alpha value is -2.54. The summed E-state index contributed by atoms with van der Waals surface area (Å²) in [6, 6.07) is 15.5. The van der Waals surface area contributed by atoms with Crippen LogP contribution in [0.5, 0.6) is 0 Å². The fourth-order valence-electron chi connectivity index (χ4n) is 4.04. The van der Waals surface area contributed by atoms with Gasteiger partial charge in [-0.25, -0.2) is 0 Å². The molecule has 2 aromatic rings. The maximum absolute atomic E-state index is 13.4. The molecule has 0 amide bonds. The minimum absolute atomic E-state index is 0.0761. The molecule has 1 saturated heterocycles. The van der Waals surface area contributed by atoms with E-state index in [1.807, 2.05) is 48.5 Å². The number of ketones is 1. The number of nitrogens with one attached hydrogen (secondary N) is 1. The highest BCUT2D eigenvalue weighted by molar-refractivity contribution is 6.26. The van der Waals surface area contributed by atoms with Crippen molar-refractivity contribution in [2.24, 2.45) is 10.7 Å². The number of ether oxygens (including phenoxy) is 1. The standard InChI is InChI=1S/C23H28N4O2/c24-16-17-6-1-2-7-18(17)21-22(28)19-8-3-4-9-20(19)26-23(21)25-10-5-11-27-12-14-29-15-13-27/h1-4,6-9,21H,5,10-16,24H2,(H,25,26). The Morgan fingerprint density at radius 2 is 1.86 bits per heavy atom. The molecule has 2 aliphatic heterocycles. The topological polar surface area (TPSA) is 80.0 Å². The molecule has 2 heterocycles. The molecule has 6 heteroatoms. The fraction of sp³-hybridized carbons (Fsp3) is 0.391. The lowest BCUT2D eigenvalue weighted by Crippen LogP contribution is -2.37. The summed E-state index contributed by atoms with van der Waals surface area (Å²) in [5, 5.41) is 3.42. The van der Waals surface area contributed by atoms with E-state index in [9.17, 15) is 4.79 Å². The number of Topliss-reactive ketones (excluding diaryl/α,β-unsaturated/α-hetero) is 1. The maximum atomic E-state index is 13.4. The van der Waals surface area contributed by atoms with E-state index < -0.39 is 5.92 Å². The normalized spacial score (nSPS) is 21.1. The number of carbonyl (C=O) groups excluding carboxylic acids is 1. The minimum atomic E-state index is -0.437. The Balaban J connectivity index is 1.57. The summed E-state index contributed by atoms with van der Waals surface area (Å²) in [7, 11) is 0. The van der Waals surface area contributed by atoms with Gasteiger partial charge < -0.3 is 15.8 Å². The first-order chi connectivity index (χ1) is 14.3. The van der Waals surface area contributed by atoms with Crippen molar-refractivity contribution >= 4 is 17.3 Å². The number of rotatable bonds is 6. The highest BCUT2D eigenvalue weighted by Gasteiger charge is 2.34. The molecule has 0 bridgehead atoms. The lowest BCUT2D eigenvalue weighted by molar-refractivity contribution is 0.0377. The smallest absolute Gasteiger partial charge is 0.179 e. The van der Waals surface area contributed by atoms with E-state index >= 15 is 0 Å². The van der Waals surface area contributed by atoms with E-state index in [1.54, 1.807) is 0 Å². The van der Waals surface area contributed by atoms with E-state index in [1.165, 1.54) is 0 Å². The van der Waals surface area contributed by atoms with Crippen LogP contribution in [0.1, 0.15) is 33.8 Å². The number of hydrogen-bond donors (Lipinski definition) is 2. The molecule has 1 atom stereocenters. The van der Waals surface area contributed by atoms with Crippen LogP contribution in [-0.4, -0.2) is 55.9 Å². The number of hydrogen-bond acceptors (Lipinski definition) is 5. The molecule has 1 unspecified atom stereocenters. The molecule has 2 aromatic carbocycles. The van der Waals surface area contributed by atoms with Gasteiger partial charge in [0.05, 0.1) is 18.9 Å². The van der Waals surface area contributed by atoms with Gasteiger partial charge in [0.25, 0.3) is 0 Å². The molecule has 0 saturated carbocycles. The molecular formula is C23H28N4O2. The van der Waals surface area contributed by atoms with Crippen LogP contribution in [0.3, 0.4) is 0 Å². The maximum Gasteiger partial charge on any atom is 0.179 e. The van der Waals surface area contributed by atoms with Crippen molar-refractivity contribution in [3.63, 3.8) is 0 Å². The highest BCUT2D eigenvalue weighted by atomic mass is 16.5. The number of anilines is 1.